The van der Waals surface area contributed by atoms with E-state index in [-0.39, 0.29) is 30.9 Å². The van der Waals surface area contributed by atoms with Crippen molar-refractivity contribution in [3.05, 3.63) is 30.3 Å². The lowest BCUT2D eigenvalue weighted by molar-refractivity contribution is -0.134. The molecule has 1 aromatic carbocycles. The van der Waals surface area contributed by atoms with Gasteiger partial charge in [0.1, 0.15) is 13.1 Å². The highest BCUT2D eigenvalue weighted by Crippen LogP contribution is 2.10. The third-order valence-electron chi connectivity index (χ3n) is 2.27. The van der Waals surface area contributed by atoms with Gasteiger partial charge in [0, 0.05) is 0 Å². The summed E-state index contributed by atoms with van der Waals surface area (Å²) in [5.74, 6) is -0.570. The zero-order chi connectivity index (χ0) is 12.3. The maximum atomic E-state index is 11.2. The Morgan fingerprint density at radius 3 is 2.35 bits per heavy atom. The summed E-state index contributed by atoms with van der Waals surface area (Å²) < 4.78 is 0. The molecule has 1 heterocycles. The van der Waals surface area contributed by atoms with Gasteiger partial charge in [-0.25, -0.2) is 4.99 Å². The van der Waals surface area contributed by atoms with E-state index < -0.39 is 0 Å². The molecule has 6 heteroatoms. The van der Waals surface area contributed by atoms with Crippen LogP contribution in [0.25, 0.3) is 0 Å². The smallest absolute Gasteiger partial charge is 0.246 e. The fraction of sp³-hybridized carbons (Fsp3) is 0.182. The van der Waals surface area contributed by atoms with Crippen LogP contribution in [-0.4, -0.2) is 35.8 Å². The number of benzene rings is 1. The fourth-order valence-electron chi connectivity index (χ4n) is 1.50. The molecule has 1 aliphatic rings. The molecule has 0 spiro atoms. The normalized spacial score (nSPS) is 16.9. The Kier molecular flexibility index (Phi) is 3.04. The number of para-hydroxylation sites is 1. The lowest BCUT2D eigenvalue weighted by Crippen LogP contribution is -2.55. The first-order chi connectivity index (χ1) is 8.15. The van der Waals surface area contributed by atoms with E-state index in [2.05, 4.69) is 10.3 Å². The van der Waals surface area contributed by atoms with E-state index in [1.807, 2.05) is 18.2 Å². The standard InChI is InChI=1S/C11H12N4O2/c12-11(13-8-4-2-1-3-5-8)15-6-9(16)14-10(17)7-15/h1-5H,6-7H2,(H2,12,13)(H,14,16,17). The van der Waals surface area contributed by atoms with Gasteiger partial charge in [-0.15, -0.1) is 0 Å². The minimum Gasteiger partial charge on any atom is -0.369 e. The predicted octanol–water partition coefficient (Wildman–Crippen LogP) is -0.409. The number of carbonyl (C=O) groups is 2. The molecule has 6 nitrogen and oxygen atoms in total. The number of nitrogens with zero attached hydrogens (tertiary/aromatic N) is 2. The van der Waals surface area contributed by atoms with Gasteiger partial charge in [0.2, 0.25) is 11.8 Å². The summed E-state index contributed by atoms with van der Waals surface area (Å²) in [6, 6.07) is 9.12. The molecule has 88 valence electrons. The topological polar surface area (TPSA) is 87.8 Å². The number of piperazine rings is 1. The van der Waals surface area contributed by atoms with Crippen LogP contribution in [0.3, 0.4) is 0 Å². The van der Waals surface area contributed by atoms with Crippen molar-refractivity contribution >= 4 is 23.5 Å². The molecular formula is C11H12N4O2. The van der Waals surface area contributed by atoms with Gasteiger partial charge in [-0.05, 0) is 12.1 Å². The van der Waals surface area contributed by atoms with Crippen molar-refractivity contribution in [3.8, 4) is 0 Å². The second kappa shape index (κ2) is 4.65. The summed E-state index contributed by atoms with van der Waals surface area (Å²) >= 11 is 0. The second-order valence-corrected chi connectivity index (χ2v) is 3.63. The van der Waals surface area contributed by atoms with Crippen molar-refractivity contribution in [1.82, 2.24) is 10.2 Å². The molecule has 17 heavy (non-hydrogen) atoms. The minimum atomic E-state index is -0.368. The molecule has 3 N–H and O–H groups in total. The van der Waals surface area contributed by atoms with Crippen molar-refractivity contribution in [2.75, 3.05) is 13.1 Å². The Labute approximate surface area is 98.1 Å². The van der Waals surface area contributed by atoms with Crippen LogP contribution in [0.15, 0.2) is 35.3 Å². The van der Waals surface area contributed by atoms with E-state index in [9.17, 15) is 9.59 Å². The van der Waals surface area contributed by atoms with Crippen LogP contribution in [0.2, 0.25) is 0 Å². The average Bonchev–Trinajstić information content (AvgIpc) is 2.29. The molecular weight excluding hydrogens is 220 g/mol. The van der Waals surface area contributed by atoms with Crippen molar-refractivity contribution in [2.45, 2.75) is 0 Å². The number of rotatable bonds is 1. The average molecular weight is 232 g/mol. The van der Waals surface area contributed by atoms with Crippen molar-refractivity contribution in [2.24, 2.45) is 10.7 Å². The van der Waals surface area contributed by atoms with Gasteiger partial charge in [-0.3, -0.25) is 14.9 Å². The molecule has 1 aromatic rings. The number of nitrogens with two attached hydrogens (primary N) is 1. The number of carbonyl (C=O) groups excluding carboxylic acids is 2. The van der Waals surface area contributed by atoms with E-state index in [1.165, 1.54) is 4.90 Å². The first kappa shape index (κ1) is 11.1. The van der Waals surface area contributed by atoms with Crippen molar-refractivity contribution in [1.29, 1.82) is 0 Å². The summed E-state index contributed by atoms with van der Waals surface area (Å²) in [5, 5.41) is 2.20. The van der Waals surface area contributed by atoms with Crippen molar-refractivity contribution < 1.29 is 9.59 Å². The predicted molar refractivity (Wildman–Crippen MR) is 62.4 cm³/mol. The van der Waals surface area contributed by atoms with Crippen LogP contribution >= 0.6 is 0 Å². The first-order valence-electron chi connectivity index (χ1n) is 5.12. The van der Waals surface area contributed by atoms with Crippen LogP contribution in [-0.2, 0) is 9.59 Å². The van der Waals surface area contributed by atoms with Gasteiger partial charge < -0.3 is 10.6 Å². The number of imide groups is 1. The molecule has 0 saturated carbocycles. The first-order valence-corrected chi connectivity index (χ1v) is 5.12. The zero-order valence-electron chi connectivity index (χ0n) is 9.09. The Morgan fingerprint density at radius 2 is 1.76 bits per heavy atom. The lowest BCUT2D eigenvalue weighted by atomic mass is 10.3. The zero-order valence-corrected chi connectivity index (χ0v) is 9.09. The third kappa shape index (κ3) is 2.81. The van der Waals surface area contributed by atoms with E-state index >= 15 is 0 Å². The van der Waals surface area contributed by atoms with Gasteiger partial charge >= 0.3 is 0 Å². The van der Waals surface area contributed by atoms with Crippen LogP contribution in [0.4, 0.5) is 5.69 Å². The lowest BCUT2D eigenvalue weighted by Gasteiger charge is -2.26. The summed E-state index contributed by atoms with van der Waals surface area (Å²) in [6.07, 6.45) is 0. The minimum absolute atomic E-state index is 0.0495. The van der Waals surface area contributed by atoms with Gasteiger partial charge in [0.25, 0.3) is 0 Å². The summed E-state index contributed by atoms with van der Waals surface area (Å²) in [4.78, 5) is 27.9. The second-order valence-electron chi connectivity index (χ2n) is 3.63. The number of hydrogen-bond acceptors (Lipinski definition) is 3. The third-order valence-corrected chi connectivity index (χ3v) is 2.27. The van der Waals surface area contributed by atoms with Crippen LogP contribution in [0, 0.1) is 0 Å². The van der Waals surface area contributed by atoms with Gasteiger partial charge in [0.05, 0.1) is 5.69 Å². The quantitative estimate of drug-likeness (QED) is 0.391. The maximum absolute atomic E-state index is 11.2. The molecule has 0 aromatic heterocycles. The van der Waals surface area contributed by atoms with Crippen LogP contribution in [0.5, 0.6) is 0 Å². The number of amides is 2. The molecule has 0 radical (unpaired) electrons. The molecule has 1 saturated heterocycles. The van der Waals surface area contributed by atoms with Crippen LogP contribution < -0.4 is 11.1 Å². The molecule has 0 aliphatic carbocycles. The monoisotopic (exact) mass is 232 g/mol. The summed E-state index contributed by atoms with van der Waals surface area (Å²) in [6.45, 7) is 0.0990. The van der Waals surface area contributed by atoms with E-state index in [1.54, 1.807) is 12.1 Å². The van der Waals surface area contributed by atoms with Crippen molar-refractivity contribution in [3.63, 3.8) is 0 Å². The molecule has 2 amide bonds. The van der Waals surface area contributed by atoms with E-state index in [0.717, 1.165) is 0 Å². The Bertz CT molecular complexity index is 454. The maximum Gasteiger partial charge on any atom is 0.246 e. The number of guanidine groups is 1. The van der Waals surface area contributed by atoms with E-state index in [0.29, 0.717) is 5.69 Å². The molecule has 2 rings (SSSR count). The number of nitrogens with one attached hydrogen (secondary N) is 1. The number of hydrogen-bond donors (Lipinski definition) is 2. The Morgan fingerprint density at radius 1 is 1.18 bits per heavy atom. The fourth-order valence-corrected chi connectivity index (χ4v) is 1.50. The molecule has 0 bridgehead atoms. The number of aliphatic imine (C=N–C) groups is 1. The molecule has 1 aliphatic heterocycles. The van der Waals surface area contributed by atoms with E-state index in [4.69, 9.17) is 5.73 Å². The summed E-state index contributed by atoms with van der Waals surface area (Å²) in [5.41, 5.74) is 6.43. The highest BCUT2D eigenvalue weighted by molar-refractivity contribution is 6.02. The molecule has 1 fully saturated rings. The van der Waals surface area contributed by atoms with Crippen LogP contribution in [0.1, 0.15) is 0 Å². The van der Waals surface area contributed by atoms with Gasteiger partial charge in [-0.1, -0.05) is 18.2 Å². The highest BCUT2D eigenvalue weighted by Gasteiger charge is 2.23. The highest BCUT2D eigenvalue weighted by atomic mass is 16.2. The Hall–Kier alpha value is -2.37. The summed E-state index contributed by atoms with van der Waals surface area (Å²) in [7, 11) is 0. The largest absolute Gasteiger partial charge is 0.369 e. The van der Waals surface area contributed by atoms with Gasteiger partial charge in [-0.2, -0.15) is 0 Å². The molecule has 0 unspecified atom stereocenters. The SMILES string of the molecule is NC(=Nc1ccccc1)N1CC(=O)NC(=O)C1. The molecule has 0 atom stereocenters. The van der Waals surface area contributed by atoms with Gasteiger partial charge in [0.15, 0.2) is 5.96 Å². The Balaban J connectivity index is 2.14.